The highest BCUT2D eigenvalue weighted by Crippen LogP contribution is 2.28. The van der Waals surface area contributed by atoms with Crippen molar-refractivity contribution >= 4 is 29.9 Å². The third-order valence-corrected chi connectivity index (χ3v) is 6.22. The average Bonchev–Trinajstić information content (AvgIpc) is 3.38. The number of hydrogen-bond donors (Lipinski definition) is 1. The third-order valence-electron chi connectivity index (χ3n) is 6.22. The van der Waals surface area contributed by atoms with Gasteiger partial charge in [-0.05, 0) is 43.6 Å². The molecule has 2 fully saturated rings. The van der Waals surface area contributed by atoms with Gasteiger partial charge in [0.15, 0.2) is 17.5 Å². The fourth-order valence-electron chi connectivity index (χ4n) is 4.27. The maximum Gasteiger partial charge on any atom is 0.194 e. The summed E-state index contributed by atoms with van der Waals surface area (Å²) in [6.45, 7) is 11.8. The molecule has 9 heteroatoms. The Labute approximate surface area is 216 Å². The predicted octanol–water partition coefficient (Wildman–Crippen LogP) is 2.99. The molecule has 1 aromatic carbocycles. The smallest absolute Gasteiger partial charge is 0.194 e. The largest absolute Gasteiger partial charge is 0.493 e. The molecule has 0 aliphatic carbocycles. The van der Waals surface area contributed by atoms with E-state index in [1.165, 1.54) is 0 Å². The molecule has 2 unspecified atom stereocenters. The molecule has 33 heavy (non-hydrogen) atoms. The molecule has 0 radical (unpaired) electrons. The monoisotopic (exact) mass is 576 g/mol. The fraction of sp³-hybridized carbons (Fsp3) is 0.708. The third kappa shape index (κ3) is 8.15. The van der Waals surface area contributed by atoms with Crippen molar-refractivity contribution in [1.29, 1.82) is 0 Å². The summed E-state index contributed by atoms with van der Waals surface area (Å²) in [5.41, 5.74) is 1.11. The molecule has 0 saturated carbocycles. The van der Waals surface area contributed by atoms with Crippen LogP contribution in [0.2, 0.25) is 0 Å². The molecule has 0 amide bonds. The molecule has 2 aliphatic rings. The second-order valence-electron chi connectivity index (χ2n) is 8.17. The van der Waals surface area contributed by atoms with Crippen molar-refractivity contribution < 1.29 is 18.9 Å². The topological polar surface area (TPSA) is 67.8 Å². The van der Waals surface area contributed by atoms with E-state index >= 15 is 0 Å². The van der Waals surface area contributed by atoms with Gasteiger partial charge in [-0.1, -0.05) is 19.9 Å². The van der Waals surface area contributed by atoms with Crippen LogP contribution in [0.1, 0.15) is 32.3 Å². The number of morpholine rings is 1. The first kappa shape index (κ1) is 27.9. The number of methoxy groups -OCH3 is 1. The minimum atomic E-state index is 0. The van der Waals surface area contributed by atoms with Crippen LogP contribution >= 0.6 is 24.0 Å². The summed E-state index contributed by atoms with van der Waals surface area (Å²) >= 11 is 0. The van der Waals surface area contributed by atoms with Crippen molar-refractivity contribution in [3.8, 4) is 11.5 Å². The van der Waals surface area contributed by atoms with Crippen LogP contribution in [0.25, 0.3) is 0 Å². The maximum atomic E-state index is 5.97. The lowest BCUT2D eigenvalue weighted by Crippen LogP contribution is -2.53. The molecule has 2 saturated heterocycles. The van der Waals surface area contributed by atoms with Crippen LogP contribution in [-0.2, 0) is 16.0 Å². The Kier molecular flexibility index (Phi) is 12.6. The molecule has 1 aromatic rings. The van der Waals surface area contributed by atoms with Gasteiger partial charge >= 0.3 is 0 Å². The SMILES string of the molecule is CCN(CC)CCOc1ccc(CNC(=NC)N2CCOC(C3CCCO3)C2)cc1OC.I. The zero-order valence-electron chi connectivity index (χ0n) is 20.5. The minimum Gasteiger partial charge on any atom is -0.493 e. The Balaban J connectivity index is 0.00000385. The highest BCUT2D eigenvalue weighted by molar-refractivity contribution is 14.0. The number of nitrogens with one attached hydrogen (secondary N) is 1. The van der Waals surface area contributed by atoms with Crippen molar-refractivity contribution in [2.24, 2.45) is 4.99 Å². The summed E-state index contributed by atoms with van der Waals surface area (Å²) in [6.07, 6.45) is 2.51. The van der Waals surface area contributed by atoms with E-state index in [4.69, 9.17) is 18.9 Å². The second kappa shape index (κ2) is 14.9. The van der Waals surface area contributed by atoms with Gasteiger partial charge in [0.05, 0.1) is 19.8 Å². The standard InChI is InChI=1S/C24H40N4O4.HI/c1-5-27(6-2)11-14-31-21-10-9-19(16-22(21)29-4)17-26-24(25-3)28-12-15-32-23(18-28)20-8-7-13-30-20;/h9-10,16,20,23H,5-8,11-15,17-18H2,1-4H3,(H,25,26);1H. The lowest BCUT2D eigenvalue weighted by atomic mass is 10.1. The number of halogens is 1. The van der Waals surface area contributed by atoms with Crippen molar-refractivity contribution in [2.75, 3.05) is 66.7 Å². The molecular formula is C24H41IN4O4. The van der Waals surface area contributed by atoms with Crippen molar-refractivity contribution in [2.45, 2.75) is 45.4 Å². The van der Waals surface area contributed by atoms with Gasteiger partial charge < -0.3 is 34.1 Å². The van der Waals surface area contributed by atoms with Gasteiger partial charge in [0.25, 0.3) is 0 Å². The van der Waals surface area contributed by atoms with E-state index in [9.17, 15) is 0 Å². The molecule has 3 rings (SSSR count). The van der Waals surface area contributed by atoms with Crippen LogP contribution in [0.5, 0.6) is 11.5 Å². The molecule has 1 N–H and O–H groups in total. The lowest BCUT2D eigenvalue weighted by Gasteiger charge is -2.37. The number of guanidine groups is 1. The molecule has 0 spiro atoms. The number of rotatable bonds is 10. The Morgan fingerprint density at radius 1 is 1.18 bits per heavy atom. The lowest BCUT2D eigenvalue weighted by molar-refractivity contribution is -0.0817. The van der Waals surface area contributed by atoms with Gasteiger partial charge in [0.1, 0.15) is 12.7 Å². The second-order valence-corrected chi connectivity index (χ2v) is 8.17. The van der Waals surface area contributed by atoms with Gasteiger partial charge in [0.2, 0.25) is 0 Å². The van der Waals surface area contributed by atoms with Gasteiger partial charge in [-0.2, -0.15) is 0 Å². The first-order chi connectivity index (χ1) is 15.7. The van der Waals surface area contributed by atoms with Crippen LogP contribution in [0.15, 0.2) is 23.2 Å². The van der Waals surface area contributed by atoms with Gasteiger partial charge in [0, 0.05) is 39.8 Å². The summed E-state index contributed by atoms with van der Waals surface area (Å²) in [7, 11) is 3.51. The molecule has 2 atom stereocenters. The fourth-order valence-corrected chi connectivity index (χ4v) is 4.27. The van der Waals surface area contributed by atoms with E-state index in [0.717, 1.165) is 75.2 Å². The van der Waals surface area contributed by atoms with Gasteiger partial charge in [-0.15, -0.1) is 24.0 Å². The maximum absolute atomic E-state index is 5.97. The highest BCUT2D eigenvalue weighted by atomic mass is 127. The van der Waals surface area contributed by atoms with Gasteiger partial charge in [-0.25, -0.2) is 0 Å². The van der Waals surface area contributed by atoms with Crippen molar-refractivity contribution in [3.63, 3.8) is 0 Å². The minimum absolute atomic E-state index is 0. The molecule has 8 nitrogen and oxygen atoms in total. The van der Waals surface area contributed by atoms with Crippen LogP contribution in [0.4, 0.5) is 0 Å². The van der Waals surface area contributed by atoms with E-state index in [1.54, 1.807) is 7.11 Å². The summed E-state index contributed by atoms with van der Waals surface area (Å²) in [5.74, 6) is 2.42. The number of ether oxygens (including phenoxy) is 4. The van der Waals surface area contributed by atoms with Crippen LogP contribution in [0.3, 0.4) is 0 Å². The van der Waals surface area contributed by atoms with Gasteiger partial charge in [-0.3, -0.25) is 4.99 Å². The number of aliphatic imine (C=N–C) groups is 1. The van der Waals surface area contributed by atoms with Crippen molar-refractivity contribution in [1.82, 2.24) is 15.1 Å². The Morgan fingerprint density at radius 3 is 2.64 bits per heavy atom. The predicted molar refractivity (Wildman–Crippen MR) is 142 cm³/mol. The molecule has 2 heterocycles. The number of nitrogens with zero attached hydrogens (tertiary/aromatic N) is 3. The molecule has 188 valence electrons. The normalized spacial score (nSPS) is 21.1. The summed E-state index contributed by atoms with van der Waals surface area (Å²) in [4.78, 5) is 9.10. The molecule has 0 bridgehead atoms. The van der Waals surface area contributed by atoms with Crippen LogP contribution in [-0.4, -0.2) is 94.7 Å². The first-order valence-electron chi connectivity index (χ1n) is 11.9. The Hall–Kier alpha value is -1.30. The average molecular weight is 577 g/mol. The molecule has 2 aliphatic heterocycles. The number of likely N-dealkylation sites (N-methyl/N-ethyl adjacent to an activating group) is 1. The Bertz CT molecular complexity index is 726. The molecular weight excluding hydrogens is 535 g/mol. The number of benzene rings is 1. The summed E-state index contributed by atoms with van der Waals surface area (Å²) in [6, 6.07) is 6.09. The number of hydrogen-bond acceptors (Lipinski definition) is 6. The zero-order valence-corrected chi connectivity index (χ0v) is 22.9. The Morgan fingerprint density at radius 2 is 1.97 bits per heavy atom. The zero-order chi connectivity index (χ0) is 22.8. The van der Waals surface area contributed by atoms with E-state index < -0.39 is 0 Å². The van der Waals surface area contributed by atoms with Crippen LogP contribution in [0, 0.1) is 0 Å². The highest BCUT2D eigenvalue weighted by Gasteiger charge is 2.32. The first-order valence-corrected chi connectivity index (χ1v) is 11.9. The van der Waals surface area contributed by atoms with E-state index in [-0.39, 0.29) is 36.2 Å². The van der Waals surface area contributed by atoms with Crippen molar-refractivity contribution in [3.05, 3.63) is 23.8 Å². The summed E-state index contributed by atoms with van der Waals surface area (Å²) < 4.78 is 23.4. The van der Waals surface area contributed by atoms with E-state index in [1.807, 2.05) is 19.2 Å². The van der Waals surface area contributed by atoms with Crippen LogP contribution < -0.4 is 14.8 Å². The van der Waals surface area contributed by atoms with E-state index in [0.29, 0.717) is 19.8 Å². The quantitative estimate of drug-likeness (QED) is 0.261. The van der Waals surface area contributed by atoms with E-state index in [2.05, 4.69) is 40.0 Å². The summed E-state index contributed by atoms with van der Waals surface area (Å²) in [5, 5.41) is 3.49. The molecule has 0 aromatic heterocycles.